The van der Waals surface area contributed by atoms with E-state index in [1.165, 1.54) is 0 Å². The smallest absolute Gasteiger partial charge is 0.0714 e. The van der Waals surface area contributed by atoms with Gasteiger partial charge in [-0.3, -0.25) is 4.98 Å². The van der Waals surface area contributed by atoms with Gasteiger partial charge < -0.3 is 10.1 Å². The molecule has 19 heavy (non-hydrogen) atoms. The van der Waals surface area contributed by atoms with Gasteiger partial charge in [-0.2, -0.15) is 0 Å². The lowest BCUT2D eigenvalue weighted by Crippen LogP contribution is -2.28. The Kier molecular flexibility index (Phi) is 6.97. The zero-order chi connectivity index (χ0) is 14.3. The normalized spacial score (nSPS) is 13.5. The summed E-state index contributed by atoms with van der Waals surface area (Å²) in [6.45, 7) is 7.42. The Balaban J connectivity index is 2.75. The summed E-state index contributed by atoms with van der Waals surface area (Å²) in [4.78, 5) is 4.51. The van der Waals surface area contributed by atoms with Gasteiger partial charge in [-0.15, -0.1) is 0 Å². The highest BCUT2D eigenvalue weighted by molar-refractivity contribution is 9.10. The molecule has 0 bridgehead atoms. The van der Waals surface area contributed by atoms with E-state index >= 15 is 0 Å². The number of hydrogen-bond acceptors (Lipinski definition) is 3. The van der Waals surface area contributed by atoms with E-state index in [9.17, 15) is 0 Å². The molecule has 3 nitrogen and oxygen atoms in total. The van der Waals surface area contributed by atoms with E-state index in [4.69, 9.17) is 4.74 Å². The van der Waals surface area contributed by atoms with Crippen LogP contribution in [0.3, 0.4) is 0 Å². The predicted molar refractivity (Wildman–Crippen MR) is 83.3 cm³/mol. The molecule has 0 radical (unpaired) electrons. The Labute approximate surface area is 125 Å². The zero-order valence-electron chi connectivity index (χ0n) is 12.4. The number of methoxy groups -OCH3 is 1. The summed E-state index contributed by atoms with van der Waals surface area (Å²) < 4.78 is 6.57. The maximum Gasteiger partial charge on any atom is 0.0714 e. The van der Waals surface area contributed by atoms with Crippen molar-refractivity contribution in [3.05, 3.63) is 28.5 Å². The quantitative estimate of drug-likeness (QED) is 0.780. The fraction of sp³-hybridized carbons (Fsp3) is 0.667. The van der Waals surface area contributed by atoms with Crippen molar-refractivity contribution >= 4 is 15.9 Å². The highest BCUT2D eigenvalue weighted by Gasteiger charge is 2.21. The molecule has 4 heteroatoms. The Bertz CT molecular complexity index is 382. The van der Waals surface area contributed by atoms with E-state index in [2.05, 4.69) is 47.0 Å². The van der Waals surface area contributed by atoms with Crippen LogP contribution in [0.1, 0.15) is 51.8 Å². The molecule has 1 heterocycles. The van der Waals surface area contributed by atoms with Crippen molar-refractivity contribution in [1.82, 2.24) is 10.3 Å². The predicted octanol–water partition coefficient (Wildman–Crippen LogP) is 4.09. The van der Waals surface area contributed by atoms with Crippen LogP contribution in [0.5, 0.6) is 0 Å². The summed E-state index contributed by atoms with van der Waals surface area (Å²) in [5.74, 6) is 0. The summed E-state index contributed by atoms with van der Waals surface area (Å²) >= 11 is 3.59. The van der Waals surface area contributed by atoms with Gasteiger partial charge in [-0.1, -0.05) is 6.92 Å². The lowest BCUT2D eigenvalue weighted by atomic mass is 9.97. The third kappa shape index (κ3) is 5.59. The fourth-order valence-electron chi connectivity index (χ4n) is 1.90. The molecule has 1 aromatic heterocycles. The lowest BCUT2D eigenvalue weighted by molar-refractivity contribution is 0.0116. The number of nitrogens with one attached hydrogen (secondary N) is 1. The summed E-state index contributed by atoms with van der Waals surface area (Å²) in [6, 6.07) is 4.26. The van der Waals surface area contributed by atoms with Crippen molar-refractivity contribution in [1.29, 1.82) is 0 Å². The number of hydrogen-bond donors (Lipinski definition) is 1. The average Bonchev–Trinajstić information content (AvgIpc) is 2.40. The molecule has 0 saturated carbocycles. The molecule has 0 fully saturated rings. The van der Waals surface area contributed by atoms with Crippen LogP contribution < -0.4 is 5.32 Å². The molecule has 0 amide bonds. The Morgan fingerprint density at radius 3 is 2.79 bits per heavy atom. The molecule has 1 rings (SSSR count). The minimum Gasteiger partial charge on any atom is -0.379 e. The zero-order valence-corrected chi connectivity index (χ0v) is 14.0. The van der Waals surface area contributed by atoms with Gasteiger partial charge in [0.15, 0.2) is 0 Å². The number of halogens is 1. The number of aromatic nitrogens is 1. The van der Waals surface area contributed by atoms with E-state index in [0.29, 0.717) is 0 Å². The van der Waals surface area contributed by atoms with E-state index in [1.807, 2.05) is 18.3 Å². The van der Waals surface area contributed by atoms with E-state index < -0.39 is 0 Å². The highest BCUT2D eigenvalue weighted by atomic mass is 79.9. The third-order valence-corrected chi connectivity index (χ3v) is 4.02. The standard InChI is InChI=1S/C15H25BrN2O/c1-5-10-17-13(8-9-15(2,3)19-4)14-12(16)7-6-11-18-14/h6-7,11,13,17H,5,8-10H2,1-4H3. The average molecular weight is 329 g/mol. The minimum absolute atomic E-state index is 0.0899. The number of pyridine rings is 1. The second-order valence-corrected chi connectivity index (χ2v) is 6.23. The van der Waals surface area contributed by atoms with Crippen molar-refractivity contribution in [2.75, 3.05) is 13.7 Å². The molecule has 1 atom stereocenters. The van der Waals surface area contributed by atoms with Crippen LogP contribution in [0.15, 0.2) is 22.8 Å². The number of rotatable bonds is 8. The first kappa shape index (κ1) is 16.6. The fourth-order valence-corrected chi connectivity index (χ4v) is 2.43. The van der Waals surface area contributed by atoms with Crippen molar-refractivity contribution < 1.29 is 4.74 Å². The maximum absolute atomic E-state index is 5.50. The molecule has 0 spiro atoms. The second-order valence-electron chi connectivity index (χ2n) is 5.38. The van der Waals surface area contributed by atoms with E-state index in [0.717, 1.165) is 36.0 Å². The first-order valence-corrected chi connectivity index (χ1v) is 7.68. The molecule has 1 N–H and O–H groups in total. The molecule has 1 unspecified atom stereocenters. The van der Waals surface area contributed by atoms with Crippen LogP contribution in [0.4, 0.5) is 0 Å². The first-order valence-electron chi connectivity index (χ1n) is 6.89. The molecule has 0 aliphatic rings. The van der Waals surface area contributed by atoms with Crippen molar-refractivity contribution in [2.45, 2.75) is 51.7 Å². The van der Waals surface area contributed by atoms with Crippen LogP contribution in [0, 0.1) is 0 Å². The molecule has 0 saturated heterocycles. The van der Waals surface area contributed by atoms with Gasteiger partial charge in [0.2, 0.25) is 0 Å². The number of nitrogens with zero attached hydrogens (tertiary/aromatic N) is 1. The molecule has 108 valence electrons. The number of ether oxygens (including phenoxy) is 1. The van der Waals surface area contributed by atoms with Crippen molar-refractivity contribution in [3.63, 3.8) is 0 Å². The Morgan fingerprint density at radius 2 is 2.21 bits per heavy atom. The maximum atomic E-state index is 5.50. The van der Waals surface area contributed by atoms with Gasteiger partial charge in [-0.25, -0.2) is 0 Å². The molecular weight excluding hydrogens is 304 g/mol. The van der Waals surface area contributed by atoms with E-state index in [-0.39, 0.29) is 11.6 Å². The lowest BCUT2D eigenvalue weighted by Gasteiger charge is -2.26. The van der Waals surface area contributed by atoms with Crippen LogP contribution in [-0.4, -0.2) is 24.2 Å². The molecule has 0 aromatic carbocycles. The first-order chi connectivity index (χ1) is 9.00. The molecule has 0 aliphatic heterocycles. The second kappa shape index (κ2) is 7.98. The molecule has 1 aromatic rings. The van der Waals surface area contributed by atoms with Crippen LogP contribution in [0.2, 0.25) is 0 Å². The van der Waals surface area contributed by atoms with E-state index in [1.54, 1.807) is 7.11 Å². The topological polar surface area (TPSA) is 34.1 Å². The Hall–Kier alpha value is -0.450. The molecular formula is C15H25BrN2O. The van der Waals surface area contributed by atoms with Gasteiger partial charge >= 0.3 is 0 Å². The summed E-state index contributed by atoms with van der Waals surface area (Å²) in [5, 5.41) is 3.58. The van der Waals surface area contributed by atoms with Crippen LogP contribution in [0.25, 0.3) is 0 Å². The summed E-state index contributed by atoms with van der Waals surface area (Å²) in [6.07, 6.45) is 4.97. The van der Waals surface area contributed by atoms with Gasteiger partial charge in [0.05, 0.1) is 17.3 Å². The minimum atomic E-state index is -0.0899. The largest absolute Gasteiger partial charge is 0.379 e. The van der Waals surface area contributed by atoms with Gasteiger partial charge in [-0.05, 0) is 67.7 Å². The van der Waals surface area contributed by atoms with Crippen molar-refractivity contribution in [3.8, 4) is 0 Å². The Morgan fingerprint density at radius 1 is 1.47 bits per heavy atom. The van der Waals surface area contributed by atoms with Gasteiger partial charge in [0.25, 0.3) is 0 Å². The third-order valence-electron chi connectivity index (χ3n) is 3.35. The summed E-state index contributed by atoms with van der Waals surface area (Å²) in [7, 11) is 1.77. The monoisotopic (exact) mass is 328 g/mol. The summed E-state index contributed by atoms with van der Waals surface area (Å²) in [5.41, 5.74) is 0.996. The van der Waals surface area contributed by atoms with Crippen molar-refractivity contribution in [2.24, 2.45) is 0 Å². The van der Waals surface area contributed by atoms with Gasteiger partial charge in [0.1, 0.15) is 0 Å². The van der Waals surface area contributed by atoms with Crippen LogP contribution in [-0.2, 0) is 4.74 Å². The SMILES string of the molecule is CCCNC(CCC(C)(C)OC)c1ncccc1Br. The van der Waals surface area contributed by atoms with Gasteiger partial charge in [0, 0.05) is 17.8 Å². The highest BCUT2D eigenvalue weighted by Crippen LogP contribution is 2.27. The molecule has 0 aliphatic carbocycles. The van der Waals surface area contributed by atoms with Crippen LogP contribution >= 0.6 is 15.9 Å².